The molecule has 7 heteroatoms. The van der Waals surface area contributed by atoms with Crippen LogP contribution in [0, 0.1) is 0 Å². The molecule has 2 aromatic rings. The van der Waals surface area contributed by atoms with Crippen molar-refractivity contribution in [2.45, 2.75) is 19.4 Å². The summed E-state index contributed by atoms with van der Waals surface area (Å²) in [5.74, 6) is -0.426. The smallest absolute Gasteiger partial charge is 0.138 e. The number of hydrogen-bond donors (Lipinski definition) is 0. The van der Waals surface area contributed by atoms with Crippen molar-refractivity contribution in [1.29, 1.82) is 0 Å². The van der Waals surface area contributed by atoms with E-state index < -0.39 is 12.0 Å². The van der Waals surface area contributed by atoms with Gasteiger partial charge in [0.25, 0.3) is 0 Å². The molecule has 1 atom stereocenters. The van der Waals surface area contributed by atoms with Gasteiger partial charge in [-0.15, -0.1) is 5.10 Å². The Morgan fingerprint density at radius 1 is 1.42 bits per heavy atom. The highest BCUT2D eigenvalue weighted by Gasteiger charge is 2.15. The van der Waals surface area contributed by atoms with Crippen molar-refractivity contribution in [2.75, 3.05) is 6.61 Å². The molecule has 0 saturated heterocycles. The van der Waals surface area contributed by atoms with E-state index in [4.69, 9.17) is 4.74 Å². The highest BCUT2D eigenvalue weighted by Crippen LogP contribution is 2.23. The van der Waals surface area contributed by atoms with Crippen LogP contribution in [0.5, 0.6) is 5.75 Å². The van der Waals surface area contributed by atoms with Crippen molar-refractivity contribution in [3.05, 3.63) is 36.2 Å². The Balaban J connectivity index is 2.25. The van der Waals surface area contributed by atoms with Crippen molar-refractivity contribution in [3.8, 4) is 5.75 Å². The molecular weight excluding hydrogens is 248 g/mol. The summed E-state index contributed by atoms with van der Waals surface area (Å²) in [5, 5.41) is 21.6. The fraction of sp³-hybridized carbons (Fsp3) is 0.333. The van der Waals surface area contributed by atoms with E-state index in [0.717, 1.165) is 11.3 Å². The number of rotatable bonds is 6. The molecular formula is C12H13N4O3-. The predicted molar refractivity (Wildman–Crippen MR) is 63.2 cm³/mol. The fourth-order valence-electron chi connectivity index (χ4n) is 1.79. The third kappa shape index (κ3) is 3.27. The number of carbonyl (C=O) groups is 1. The lowest BCUT2D eigenvalue weighted by molar-refractivity contribution is -0.306. The van der Waals surface area contributed by atoms with Crippen molar-refractivity contribution >= 4 is 5.97 Å². The summed E-state index contributed by atoms with van der Waals surface area (Å²) in [6.45, 7) is 2.47. The average Bonchev–Trinajstić information content (AvgIpc) is 2.91. The van der Waals surface area contributed by atoms with Gasteiger partial charge in [-0.2, -0.15) is 0 Å². The van der Waals surface area contributed by atoms with Gasteiger partial charge in [0.2, 0.25) is 0 Å². The molecule has 0 aliphatic heterocycles. The van der Waals surface area contributed by atoms with Crippen LogP contribution >= 0.6 is 0 Å². The lowest BCUT2D eigenvalue weighted by atomic mass is 10.0. The first-order valence-electron chi connectivity index (χ1n) is 5.85. The predicted octanol–water partition coefficient (Wildman–Crippen LogP) is -0.199. The van der Waals surface area contributed by atoms with Crippen LogP contribution in [0.3, 0.4) is 0 Å². The van der Waals surface area contributed by atoms with Gasteiger partial charge in [-0.25, -0.2) is 4.68 Å². The number of hydrogen-bond acceptors (Lipinski definition) is 6. The molecule has 1 aromatic heterocycles. The normalized spacial score (nSPS) is 12.1. The number of aliphatic carboxylic acids is 1. The van der Waals surface area contributed by atoms with E-state index in [1.807, 2.05) is 6.92 Å². The molecule has 0 fully saturated rings. The number of ether oxygens (including phenoxy) is 1. The highest BCUT2D eigenvalue weighted by molar-refractivity contribution is 5.65. The zero-order chi connectivity index (χ0) is 13.7. The maximum absolute atomic E-state index is 10.8. The molecule has 0 amide bonds. The lowest BCUT2D eigenvalue weighted by Crippen LogP contribution is -2.27. The van der Waals surface area contributed by atoms with E-state index in [1.54, 1.807) is 24.3 Å². The molecule has 0 aliphatic carbocycles. The van der Waals surface area contributed by atoms with Crippen LogP contribution in [0.4, 0.5) is 0 Å². The number of carboxylic acid groups (broad SMARTS) is 1. The highest BCUT2D eigenvalue weighted by atomic mass is 16.5. The molecule has 100 valence electrons. The van der Waals surface area contributed by atoms with E-state index in [-0.39, 0.29) is 6.42 Å². The molecule has 0 aliphatic rings. The van der Waals surface area contributed by atoms with Crippen LogP contribution < -0.4 is 9.84 Å². The Hall–Kier alpha value is -2.44. The number of nitrogens with zero attached hydrogens (tertiary/aromatic N) is 4. The van der Waals surface area contributed by atoms with Gasteiger partial charge in [0, 0.05) is 12.4 Å². The summed E-state index contributed by atoms with van der Waals surface area (Å²) >= 11 is 0. The zero-order valence-electron chi connectivity index (χ0n) is 10.4. The third-order valence-corrected chi connectivity index (χ3v) is 2.62. The molecule has 0 radical (unpaired) electrons. The SMILES string of the molecule is CCOc1ccc([C@H](CC(=O)[O-])n2cnnn2)cc1. The zero-order valence-corrected chi connectivity index (χ0v) is 10.4. The fourth-order valence-corrected chi connectivity index (χ4v) is 1.79. The van der Waals surface area contributed by atoms with Gasteiger partial charge < -0.3 is 14.6 Å². The molecule has 7 nitrogen and oxygen atoms in total. The van der Waals surface area contributed by atoms with E-state index in [1.165, 1.54) is 11.0 Å². The second kappa shape index (κ2) is 5.94. The van der Waals surface area contributed by atoms with Crippen LogP contribution in [0.15, 0.2) is 30.6 Å². The number of carbonyl (C=O) groups excluding carboxylic acids is 1. The van der Waals surface area contributed by atoms with Gasteiger partial charge in [0.05, 0.1) is 12.6 Å². The minimum absolute atomic E-state index is 0.195. The Morgan fingerprint density at radius 3 is 2.68 bits per heavy atom. The van der Waals surface area contributed by atoms with Crippen LogP contribution in [-0.2, 0) is 4.79 Å². The van der Waals surface area contributed by atoms with Crippen LogP contribution in [0.25, 0.3) is 0 Å². The van der Waals surface area contributed by atoms with Crippen molar-refractivity contribution in [3.63, 3.8) is 0 Å². The Morgan fingerprint density at radius 2 is 2.16 bits per heavy atom. The maximum atomic E-state index is 10.8. The molecule has 1 heterocycles. The molecule has 0 saturated carbocycles. The third-order valence-electron chi connectivity index (χ3n) is 2.62. The number of carboxylic acids is 1. The van der Waals surface area contributed by atoms with E-state index in [2.05, 4.69) is 15.5 Å². The minimum atomic E-state index is -1.16. The summed E-state index contributed by atoms with van der Waals surface area (Å²) in [4.78, 5) is 10.8. The Labute approximate surface area is 109 Å². The van der Waals surface area contributed by atoms with Crippen LogP contribution in [0.2, 0.25) is 0 Å². The quantitative estimate of drug-likeness (QED) is 0.715. The lowest BCUT2D eigenvalue weighted by Gasteiger charge is -2.17. The second-order valence-electron chi connectivity index (χ2n) is 3.88. The van der Waals surface area contributed by atoms with Gasteiger partial charge in [-0.05, 0) is 35.0 Å². The van der Waals surface area contributed by atoms with Crippen LogP contribution in [0.1, 0.15) is 24.9 Å². The molecule has 0 spiro atoms. The average molecular weight is 261 g/mol. The summed E-state index contributed by atoms with van der Waals surface area (Å²) in [5.41, 5.74) is 0.778. The standard InChI is InChI=1S/C12H14N4O3/c1-2-19-10-5-3-9(4-6-10)11(7-12(17)18)16-8-13-14-15-16/h3-6,8,11H,2,7H2,1H3,(H,17,18)/p-1/t11-/m0/s1. The summed E-state index contributed by atoms with van der Waals surface area (Å²) in [7, 11) is 0. The molecule has 2 rings (SSSR count). The topological polar surface area (TPSA) is 93.0 Å². The first-order valence-corrected chi connectivity index (χ1v) is 5.85. The molecule has 0 N–H and O–H groups in total. The number of tetrazole rings is 1. The van der Waals surface area contributed by atoms with E-state index >= 15 is 0 Å². The largest absolute Gasteiger partial charge is 0.550 e. The Bertz CT molecular complexity index is 524. The minimum Gasteiger partial charge on any atom is -0.550 e. The number of benzene rings is 1. The van der Waals surface area contributed by atoms with Crippen molar-refractivity contribution in [2.24, 2.45) is 0 Å². The van der Waals surface area contributed by atoms with Gasteiger partial charge in [0.15, 0.2) is 0 Å². The van der Waals surface area contributed by atoms with Gasteiger partial charge in [-0.1, -0.05) is 12.1 Å². The number of aromatic nitrogens is 4. The summed E-state index contributed by atoms with van der Waals surface area (Å²) < 4.78 is 6.73. The van der Waals surface area contributed by atoms with Gasteiger partial charge in [-0.3, -0.25) is 0 Å². The monoisotopic (exact) mass is 261 g/mol. The molecule has 1 aromatic carbocycles. The van der Waals surface area contributed by atoms with Crippen molar-refractivity contribution < 1.29 is 14.6 Å². The molecule has 0 unspecified atom stereocenters. The molecule has 0 bridgehead atoms. The van der Waals surface area contributed by atoms with E-state index in [9.17, 15) is 9.90 Å². The maximum Gasteiger partial charge on any atom is 0.138 e. The summed E-state index contributed by atoms with van der Waals surface area (Å²) in [6, 6.07) is 6.66. The second-order valence-corrected chi connectivity index (χ2v) is 3.88. The first-order chi connectivity index (χ1) is 9.20. The van der Waals surface area contributed by atoms with E-state index in [0.29, 0.717) is 6.61 Å². The van der Waals surface area contributed by atoms with Crippen LogP contribution in [-0.4, -0.2) is 32.8 Å². The van der Waals surface area contributed by atoms with Crippen molar-refractivity contribution in [1.82, 2.24) is 20.2 Å². The first kappa shape index (κ1) is 13.0. The summed E-state index contributed by atoms with van der Waals surface area (Å²) in [6.07, 6.45) is 1.18. The van der Waals surface area contributed by atoms with Gasteiger partial charge >= 0.3 is 0 Å². The van der Waals surface area contributed by atoms with Gasteiger partial charge in [0.1, 0.15) is 12.1 Å². The Kier molecular flexibility index (Phi) is 4.07. The molecule has 19 heavy (non-hydrogen) atoms.